The van der Waals surface area contributed by atoms with Gasteiger partial charge in [-0.2, -0.15) is 0 Å². The normalized spacial score (nSPS) is 11.8. The molecule has 10 aromatic rings. The Kier molecular flexibility index (Phi) is 5.54. The number of hydrogen-bond donors (Lipinski definition) is 0. The van der Waals surface area contributed by atoms with E-state index >= 15 is 0 Å². The highest BCUT2D eigenvalue weighted by molar-refractivity contribution is 6.18. The number of oxazole rings is 1. The molecule has 0 radical (unpaired) electrons. The van der Waals surface area contributed by atoms with E-state index < -0.39 is 0 Å². The molecule has 0 saturated heterocycles. The number of furan rings is 1. The maximum absolute atomic E-state index is 6.53. The molecule has 3 aromatic heterocycles. The van der Waals surface area contributed by atoms with Crippen LogP contribution in [0.15, 0.2) is 167 Å². The second-order valence-electron chi connectivity index (χ2n) is 12.0. The monoisotopic (exact) mass is 602 g/mol. The number of hydrogen-bond acceptors (Lipinski definition) is 3. The third-order valence-electron chi connectivity index (χ3n) is 9.25. The summed E-state index contributed by atoms with van der Waals surface area (Å²) in [6.07, 6.45) is 0. The summed E-state index contributed by atoms with van der Waals surface area (Å²) in [4.78, 5) is 4.92. The van der Waals surface area contributed by atoms with Crippen molar-refractivity contribution in [2.24, 2.45) is 0 Å². The van der Waals surface area contributed by atoms with Gasteiger partial charge in [-0.15, -0.1) is 0 Å². The Morgan fingerprint density at radius 1 is 0.447 bits per heavy atom. The molecule has 0 amide bonds. The number of nitrogens with zero attached hydrogens (tertiary/aromatic N) is 2. The lowest BCUT2D eigenvalue weighted by atomic mass is 10.0. The van der Waals surface area contributed by atoms with Gasteiger partial charge in [0.05, 0.1) is 16.4 Å². The van der Waals surface area contributed by atoms with Crippen molar-refractivity contribution in [3.8, 4) is 39.4 Å². The van der Waals surface area contributed by atoms with Crippen LogP contribution in [0, 0.1) is 0 Å². The molecule has 0 N–H and O–H groups in total. The van der Waals surface area contributed by atoms with Gasteiger partial charge in [-0.3, -0.25) is 0 Å². The highest BCUT2D eigenvalue weighted by atomic mass is 16.4. The van der Waals surface area contributed by atoms with E-state index in [9.17, 15) is 0 Å². The largest absolute Gasteiger partial charge is 0.455 e. The van der Waals surface area contributed by atoms with E-state index in [1.165, 1.54) is 32.9 Å². The van der Waals surface area contributed by atoms with E-state index in [1.54, 1.807) is 0 Å². The third-order valence-corrected chi connectivity index (χ3v) is 9.25. The average molecular weight is 603 g/mol. The smallest absolute Gasteiger partial charge is 0.227 e. The number of rotatable bonds is 4. The second-order valence-corrected chi connectivity index (χ2v) is 12.0. The van der Waals surface area contributed by atoms with E-state index in [-0.39, 0.29) is 0 Å². The molecule has 4 nitrogen and oxygen atoms in total. The van der Waals surface area contributed by atoms with Crippen LogP contribution in [0.1, 0.15) is 0 Å². The third kappa shape index (κ3) is 3.98. The molecule has 0 fully saturated rings. The van der Waals surface area contributed by atoms with Gasteiger partial charge in [-0.25, -0.2) is 4.98 Å². The maximum atomic E-state index is 6.53. The number of benzene rings is 7. The van der Waals surface area contributed by atoms with Crippen molar-refractivity contribution >= 4 is 54.8 Å². The van der Waals surface area contributed by atoms with Crippen LogP contribution in [0.25, 0.3) is 94.2 Å². The Bertz CT molecular complexity index is 2770. The molecule has 0 aliphatic rings. The summed E-state index contributed by atoms with van der Waals surface area (Å²) in [6, 6.07) is 55.0. The van der Waals surface area contributed by atoms with Gasteiger partial charge < -0.3 is 13.4 Å². The number of fused-ring (bicyclic) bond motifs is 8. The van der Waals surface area contributed by atoms with Crippen LogP contribution < -0.4 is 0 Å². The summed E-state index contributed by atoms with van der Waals surface area (Å²) >= 11 is 0. The molecule has 0 atom stereocenters. The molecular formula is C43H26N2O2. The first-order chi connectivity index (χ1) is 23.3. The molecule has 0 spiro atoms. The molecule has 220 valence electrons. The van der Waals surface area contributed by atoms with Crippen molar-refractivity contribution in [2.75, 3.05) is 0 Å². The van der Waals surface area contributed by atoms with Gasteiger partial charge in [0.1, 0.15) is 16.7 Å². The topological polar surface area (TPSA) is 44.1 Å². The quantitative estimate of drug-likeness (QED) is 0.201. The SMILES string of the molecule is c1ccc(-c2ccc3c(c2)c2ccccc2n3-c2ccc(-c3nc4ccc5oc6c(-c7ccccc7)cccc6c5c4o3)cc2)cc1. The Hall–Kier alpha value is -6.39. The molecule has 0 bridgehead atoms. The first kappa shape index (κ1) is 25.9. The van der Waals surface area contributed by atoms with Gasteiger partial charge in [0.15, 0.2) is 5.58 Å². The van der Waals surface area contributed by atoms with Gasteiger partial charge >= 0.3 is 0 Å². The molecule has 10 rings (SSSR count). The van der Waals surface area contributed by atoms with Crippen molar-refractivity contribution in [1.29, 1.82) is 0 Å². The standard InChI is InChI=1S/C43H26N2O2/c1-3-10-27(11-4-1)30-20-24-38-35(26-30)33-14-7-8-17-37(33)45(38)31-21-18-29(19-22-31)43-44-36-23-25-39-40(42(36)47-43)34-16-9-15-32(41(34)46-39)28-12-5-2-6-13-28/h1-26H. The van der Waals surface area contributed by atoms with Gasteiger partial charge in [0.2, 0.25) is 5.89 Å². The Morgan fingerprint density at radius 3 is 1.98 bits per heavy atom. The van der Waals surface area contributed by atoms with E-state index in [0.717, 1.165) is 55.4 Å². The van der Waals surface area contributed by atoms with Gasteiger partial charge in [0.25, 0.3) is 0 Å². The molecule has 0 saturated carbocycles. The first-order valence-corrected chi connectivity index (χ1v) is 15.8. The minimum absolute atomic E-state index is 0.585. The molecule has 3 heterocycles. The van der Waals surface area contributed by atoms with Crippen molar-refractivity contribution in [3.63, 3.8) is 0 Å². The molecule has 4 heteroatoms. The summed E-state index contributed by atoms with van der Waals surface area (Å²) in [5.41, 5.74) is 12.1. The van der Waals surface area contributed by atoms with Crippen LogP contribution in [-0.2, 0) is 0 Å². The van der Waals surface area contributed by atoms with Crippen LogP contribution in [-0.4, -0.2) is 9.55 Å². The fraction of sp³-hybridized carbons (Fsp3) is 0. The fourth-order valence-corrected chi connectivity index (χ4v) is 7.05. The van der Waals surface area contributed by atoms with E-state index in [0.29, 0.717) is 5.89 Å². The molecule has 47 heavy (non-hydrogen) atoms. The fourth-order valence-electron chi connectivity index (χ4n) is 7.05. The second kappa shape index (κ2) is 10.1. The summed E-state index contributed by atoms with van der Waals surface area (Å²) < 4.78 is 15.3. The Morgan fingerprint density at radius 2 is 1.15 bits per heavy atom. The van der Waals surface area contributed by atoms with Crippen molar-refractivity contribution < 1.29 is 8.83 Å². The van der Waals surface area contributed by atoms with Crippen molar-refractivity contribution in [1.82, 2.24) is 9.55 Å². The molecule has 0 unspecified atom stereocenters. The summed E-state index contributed by atoms with van der Waals surface area (Å²) in [5.74, 6) is 0.585. The lowest BCUT2D eigenvalue weighted by Crippen LogP contribution is -1.93. The predicted molar refractivity (Wildman–Crippen MR) is 192 cm³/mol. The minimum Gasteiger partial charge on any atom is -0.455 e. The summed E-state index contributed by atoms with van der Waals surface area (Å²) in [7, 11) is 0. The number of aromatic nitrogens is 2. The molecular weight excluding hydrogens is 576 g/mol. The van der Waals surface area contributed by atoms with Gasteiger partial charge in [-0.05, 0) is 71.3 Å². The van der Waals surface area contributed by atoms with Crippen molar-refractivity contribution in [3.05, 3.63) is 158 Å². The van der Waals surface area contributed by atoms with Crippen LogP contribution in [0.5, 0.6) is 0 Å². The highest BCUT2D eigenvalue weighted by Gasteiger charge is 2.19. The van der Waals surface area contributed by atoms with Crippen LogP contribution >= 0.6 is 0 Å². The maximum Gasteiger partial charge on any atom is 0.227 e. The van der Waals surface area contributed by atoms with Crippen LogP contribution in [0.2, 0.25) is 0 Å². The van der Waals surface area contributed by atoms with E-state index in [2.05, 4.69) is 132 Å². The molecule has 0 aliphatic carbocycles. The Labute approximate surface area is 269 Å². The van der Waals surface area contributed by atoms with E-state index in [4.69, 9.17) is 13.8 Å². The number of para-hydroxylation sites is 2. The lowest BCUT2D eigenvalue weighted by Gasteiger charge is -2.09. The zero-order chi connectivity index (χ0) is 30.9. The minimum atomic E-state index is 0.585. The predicted octanol–water partition coefficient (Wildman–Crippen LogP) is 11.8. The molecule has 7 aromatic carbocycles. The first-order valence-electron chi connectivity index (χ1n) is 15.8. The Balaban J connectivity index is 1.08. The van der Waals surface area contributed by atoms with Crippen molar-refractivity contribution in [2.45, 2.75) is 0 Å². The summed E-state index contributed by atoms with van der Waals surface area (Å²) in [6.45, 7) is 0. The van der Waals surface area contributed by atoms with Gasteiger partial charge in [0, 0.05) is 33.0 Å². The zero-order valence-corrected chi connectivity index (χ0v) is 25.2. The molecule has 0 aliphatic heterocycles. The lowest BCUT2D eigenvalue weighted by molar-refractivity contribution is 0.622. The van der Waals surface area contributed by atoms with Gasteiger partial charge in [-0.1, -0.05) is 103 Å². The summed E-state index contributed by atoms with van der Waals surface area (Å²) in [5, 5.41) is 4.43. The average Bonchev–Trinajstić information content (AvgIpc) is 3.84. The highest BCUT2D eigenvalue weighted by Crippen LogP contribution is 2.41. The zero-order valence-electron chi connectivity index (χ0n) is 25.2. The van der Waals surface area contributed by atoms with Crippen LogP contribution in [0.3, 0.4) is 0 Å². The van der Waals surface area contributed by atoms with Crippen LogP contribution in [0.4, 0.5) is 0 Å². The van der Waals surface area contributed by atoms with E-state index in [1.807, 2.05) is 30.3 Å².